The molecule has 0 amide bonds. The summed E-state index contributed by atoms with van der Waals surface area (Å²) in [6.07, 6.45) is 0.599. The second-order valence-corrected chi connectivity index (χ2v) is 5.48. The number of hydrogen-bond donors (Lipinski definition) is 2. The van der Waals surface area contributed by atoms with Crippen molar-refractivity contribution >= 4 is 40.5 Å². The highest BCUT2D eigenvalue weighted by atomic mass is 35.5. The van der Waals surface area contributed by atoms with E-state index in [1.54, 1.807) is 26.0 Å². The lowest BCUT2D eigenvalue weighted by molar-refractivity contribution is 0.0749. The van der Waals surface area contributed by atoms with Gasteiger partial charge in [0.25, 0.3) is 0 Å². The minimum absolute atomic E-state index is 0.480. The van der Waals surface area contributed by atoms with Crippen LogP contribution in [0.5, 0.6) is 0 Å². The number of halogens is 3. The summed E-state index contributed by atoms with van der Waals surface area (Å²) in [7, 11) is 0. The van der Waals surface area contributed by atoms with Gasteiger partial charge >= 0.3 is 0 Å². The lowest BCUT2D eigenvalue weighted by Gasteiger charge is -2.18. The molecule has 1 rings (SSSR count). The first-order valence-corrected chi connectivity index (χ1v) is 6.04. The van der Waals surface area contributed by atoms with Gasteiger partial charge in [0.05, 0.1) is 21.3 Å². The molecule has 16 heavy (non-hydrogen) atoms. The molecule has 2 N–H and O–H groups in total. The van der Waals surface area contributed by atoms with Gasteiger partial charge in [0.15, 0.2) is 0 Å². The Morgan fingerprint density at radius 1 is 1.19 bits per heavy atom. The normalized spacial score (nSPS) is 11.6. The van der Waals surface area contributed by atoms with Crippen LogP contribution in [0.4, 0.5) is 5.69 Å². The topological polar surface area (TPSA) is 32.3 Å². The van der Waals surface area contributed by atoms with E-state index in [0.29, 0.717) is 33.7 Å². The maximum Gasteiger partial charge on any atom is 0.0720 e. The van der Waals surface area contributed by atoms with E-state index in [0.717, 1.165) is 0 Å². The van der Waals surface area contributed by atoms with Crippen LogP contribution in [-0.2, 0) is 0 Å². The fourth-order valence-corrected chi connectivity index (χ4v) is 2.16. The maximum absolute atomic E-state index is 9.55. The van der Waals surface area contributed by atoms with Gasteiger partial charge in [-0.2, -0.15) is 0 Å². The average molecular weight is 283 g/mol. The Balaban J connectivity index is 2.68. The highest BCUT2D eigenvalue weighted by Crippen LogP contribution is 2.33. The highest BCUT2D eigenvalue weighted by molar-refractivity contribution is 6.41. The minimum Gasteiger partial charge on any atom is -0.390 e. The summed E-state index contributed by atoms with van der Waals surface area (Å²) in [6, 6.07) is 3.25. The van der Waals surface area contributed by atoms with Crippen LogP contribution >= 0.6 is 34.8 Å². The van der Waals surface area contributed by atoms with Gasteiger partial charge in [-0.1, -0.05) is 34.8 Å². The van der Waals surface area contributed by atoms with Crippen LogP contribution in [0.25, 0.3) is 0 Å². The van der Waals surface area contributed by atoms with Crippen molar-refractivity contribution in [1.29, 1.82) is 0 Å². The Morgan fingerprint density at radius 3 is 2.12 bits per heavy atom. The lowest BCUT2D eigenvalue weighted by atomic mass is 10.1. The van der Waals surface area contributed by atoms with Crippen molar-refractivity contribution in [2.24, 2.45) is 0 Å². The van der Waals surface area contributed by atoms with Crippen LogP contribution in [0.3, 0.4) is 0 Å². The van der Waals surface area contributed by atoms with Crippen molar-refractivity contribution in [2.45, 2.75) is 25.9 Å². The van der Waals surface area contributed by atoms with E-state index in [1.807, 2.05) is 0 Å². The molecular formula is C11H14Cl3NO. The molecule has 0 fully saturated rings. The monoisotopic (exact) mass is 281 g/mol. The molecule has 0 aliphatic heterocycles. The zero-order valence-corrected chi connectivity index (χ0v) is 11.4. The van der Waals surface area contributed by atoms with E-state index in [2.05, 4.69) is 5.32 Å². The summed E-state index contributed by atoms with van der Waals surface area (Å²) in [5.41, 5.74) is -0.0600. The number of anilines is 1. The van der Waals surface area contributed by atoms with E-state index in [-0.39, 0.29) is 0 Å². The number of rotatable bonds is 4. The molecule has 1 aromatic carbocycles. The molecule has 0 aromatic heterocycles. The van der Waals surface area contributed by atoms with Gasteiger partial charge in [0.1, 0.15) is 0 Å². The van der Waals surface area contributed by atoms with Crippen LogP contribution in [0.1, 0.15) is 20.3 Å². The molecule has 0 spiro atoms. The van der Waals surface area contributed by atoms with Crippen molar-refractivity contribution < 1.29 is 5.11 Å². The van der Waals surface area contributed by atoms with Crippen molar-refractivity contribution in [1.82, 2.24) is 0 Å². The summed E-state index contributed by atoms with van der Waals surface area (Å²) >= 11 is 17.8. The molecule has 0 radical (unpaired) electrons. The first-order valence-electron chi connectivity index (χ1n) is 4.90. The zero-order valence-electron chi connectivity index (χ0n) is 9.15. The highest BCUT2D eigenvalue weighted by Gasteiger charge is 2.13. The quantitative estimate of drug-likeness (QED) is 0.866. The third-order valence-electron chi connectivity index (χ3n) is 2.05. The largest absolute Gasteiger partial charge is 0.390 e. The van der Waals surface area contributed by atoms with E-state index >= 15 is 0 Å². The van der Waals surface area contributed by atoms with Crippen molar-refractivity contribution in [3.05, 3.63) is 27.2 Å². The Morgan fingerprint density at radius 2 is 1.69 bits per heavy atom. The summed E-state index contributed by atoms with van der Waals surface area (Å²) in [6.45, 7) is 4.09. The lowest BCUT2D eigenvalue weighted by Crippen LogP contribution is -2.22. The summed E-state index contributed by atoms with van der Waals surface area (Å²) in [5, 5.41) is 14.1. The van der Waals surface area contributed by atoms with Crippen LogP contribution < -0.4 is 5.32 Å². The number of aliphatic hydroxyl groups is 1. The molecule has 5 heteroatoms. The maximum atomic E-state index is 9.55. The molecule has 0 aliphatic rings. The predicted octanol–water partition coefficient (Wildman–Crippen LogP) is 4.22. The summed E-state index contributed by atoms with van der Waals surface area (Å²) in [4.78, 5) is 0. The summed E-state index contributed by atoms with van der Waals surface area (Å²) < 4.78 is 0. The van der Waals surface area contributed by atoms with Crippen LogP contribution in [0.15, 0.2) is 12.1 Å². The molecule has 0 unspecified atom stereocenters. The molecule has 1 aromatic rings. The third kappa shape index (κ3) is 4.38. The fraction of sp³-hybridized carbons (Fsp3) is 0.455. The van der Waals surface area contributed by atoms with Crippen LogP contribution in [0.2, 0.25) is 15.1 Å². The number of nitrogens with one attached hydrogen (secondary N) is 1. The fourth-order valence-electron chi connectivity index (χ4n) is 1.20. The minimum atomic E-state index is -0.710. The second-order valence-electron chi connectivity index (χ2n) is 4.23. The van der Waals surface area contributed by atoms with Crippen molar-refractivity contribution in [2.75, 3.05) is 11.9 Å². The van der Waals surface area contributed by atoms with Crippen LogP contribution in [-0.4, -0.2) is 17.3 Å². The Bertz CT molecular complexity index is 351. The van der Waals surface area contributed by atoms with Gasteiger partial charge in [-0.25, -0.2) is 0 Å². The number of hydrogen-bond acceptors (Lipinski definition) is 2. The Hall–Kier alpha value is -0.150. The molecule has 0 saturated carbocycles. The van der Waals surface area contributed by atoms with Crippen LogP contribution in [0, 0.1) is 0 Å². The smallest absolute Gasteiger partial charge is 0.0720 e. The van der Waals surface area contributed by atoms with Crippen molar-refractivity contribution in [3.8, 4) is 0 Å². The van der Waals surface area contributed by atoms with Gasteiger partial charge in [0.2, 0.25) is 0 Å². The molecule has 0 bridgehead atoms. The van der Waals surface area contributed by atoms with Gasteiger partial charge in [-0.15, -0.1) is 0 Å². The SMILES string of the molecule is CC(C)(O)CCNc1c(Cl)cc(Cl)cc1Cl. The number of benzene rings is 1. The van der Waals surface area contributed by atoms with E-state index < -0.39 is 5.60 Å². The van der Waals surface area contributed by atoms with E-state index in [4.69, 9.17) is 34.8 Å². The molecule has 0 atom stereocenters. The van der Waals surface area contributed by atoms with Gasteiger partial charge in [0, 0.05) is 11.6 Å². The van der Waals surface area contributed by atoms with E-state index in [1.165, 1.54) is 0 Å². The average Bonchev–Trinajstić information content (AvgIpc) is 2.07. The third-order valence-corrected chi connectivity index (χ3v) is 2.86. The van der Waals surface area contributed by atoms with Gasteiger partial charge in [-0.05, 0) is 32.4 Å². The Labute approximate surface area is 111 Å². The molecular weight excluding hydrogens is 268 g/mol. The molecule has 2 nitrogen and oxygen atoms in total. The van der Waals surface area contributed by atoms with Gasteiger partial charge < -0.3 is 10.4 Å². The zero-order chi connectivity index (χ0) is 12.3. The second kappa shape index (κ2) is 5.46. The van der Waals surface area contributed by atoms with E-state index in [9.17, 15) is 5.11 Å². The molecule has 0 saturated heterocycles. The Kier molecular flexibility index (Phi) is 4.74. The molecule has 0 aliphatic carbocycles. The predicted molar refractivity (Wildman–Crippen MR) is 70.9 cm³/mol. The van der Waals surface area contributed by atoms with Crippen molar-refractivity contribution in [3.63, 3.8) is 0 Å². The molecule has 90 valence electrons. The van der Waals surface area contributed by atoms with Gasteiger partial charge in [-0.3, -0.25) is 0 Å². The first-order chi connectivity index (χ1) is 7.29. The molecule has 0 heterocycles. The first kappa shape index (κ1) is 13.9. The summed E-state index contributed by atoms with van der Waals surface area (Å²) in [5.74, 6) is 0. The standard InChI is InChI=1S/C11H14Cl3NO/c1-11(2,16)3-4-15-10-8(13)5-7(12)6-9(10)14/h5-6,15-16H,3-4H2,1-2H3.